The molecular formula is C24H26N2O5S. The Morgan fingerprint density at radius 3 is 2.47 bits per heavy atom. The number of carbonyl (C=O) groups excluding carboxylic acids is 1. The van der Waals surface area contributed by atoms with Crippen LogP contribution in [0.1, 0.15) is 37.7 Å². The molecule has 32 heavy (non-hydrogen) atoms. The lowest BCUT2D eigenvalue weighted by Crippen LogP contribution is -2.52. The number of rotatable bonds is 8. The predicted molar refractivity (Wildman–Crippen MR) is 120 cm³/mol. The molecule has 0 aliphatic heterocycles. The Morgan fingerprint density at radius 1 is 1.03 bits per heavy atom. The Labute approximate surface area is 187 Å². The highest BCUT2D eigenvalue weighted by Gasteiger charge is 2.42. The highest BCUT2D eigenvalue weighted by Crippen LogP contribution is 2.35. The third-order valence-corrected chi connectivity index (χ3v) is 8.05. The first-order valence-electron chi connectivity index (χ1n) is 10.7. The SMILES string of the molecule is O=CN(O)C1(CS(=O)(=O)c2ccc(OCc3ccnc4ccccc34)cc2)CCCCC1. The summed E-state index contributed by atoms with van der Waals surface area (Å²) in [5.41, 5.74) is 0.805. The average Bonchev–Trinajstić information content (AvgIpc) is 2.82. The summed E-state index contributed by atoms with van der Waals surface area (Å²) < 4.78 is 32.0. The number of sulfone groups is 1. The van der Waals surface area contributed by atoms with Crippen LogP contribution in [-0.4, -0.2) is 41.4 Å². The molecule has 7 nitrogen and oxygen atoms in total. The summed E-state index contributed by atoms with van der Waals surface area (Å²) in [7, 11) is -3.71. The van der Waals surface area contributed by atoms with Gasteiger partial charge < -0.3 is 4.74 Å². The van der Waals surface area contributed by atoms with E-state index in [1.54, 1.807) is 18.3 Å². The van der Waals surface area contributed by atoms with Gasteiger partial charge in [0.15, 0.2) is 9.84 Å². The largest absolute Gasteiger partial charge is 0.489 e. The Morgan fingerprint density at radius 2 is 1.75 bits per heavy atom. The summed E-state index contributed by atoms with van der Waals surface area (Å²) in [6.45, 7) is 0.330. The average molecular weight is 455 g/mol. The number of amides is 1. The first-order chi connectivity index (χ1) is 15.4. The van der Waals surface area contributed by atoms with Crippen LogP contribution in [0.25, 0.3) is 10.9 Å². The lowest BCUT2D eigenvalue weighted by molar-refractivity contribution is -0.181. The van der Waals surface area contributed by atoms with Gasteiger partial charge in [0.2, 0.25) is 6.41 Å². The topological polar surface area (TPSA) is 96.8 Å². The maximum atomic E-state index is 13.1. The second-order valence-corrected chi connectivity index (χ2v) is 10.2. The number of aromatic nitrogens is 1. The Kier molecular flexibility index (Phi) is 6.43. The van der Waals surface area contributed by atoms with Gasteiger partial charge in [0.05, 0.1) is 21.7 Å². The fraction of sp³-hybridized carbons (Fsp3) is 0.333. The van der Waals surface area contributed by atoms with Crippen LogP contribution in [0.5, 0.6) is 5.75 Å². The van der Waals surface area contributed by atoms with E-state index in [1.807, 2.05) is 30.3 Å². The highest BCUT2D eigenvalue weighted by atomic mass is 32.2. The van der Waals surface area contributed by atoms with E-state index < -0.39 is 15.4 Å². The van der Waals surface area contributed by atoms with Crippen molar-refractivity contribution >= 4 is 27.2 Å². The number of benzene rings is 2. The number of carbonyl (C=O) groups is 1. The molecule has 0 bridgehead atoms. The second-order valence-electron chi connectivity index (χ2n) is 8.24. The third kappa shape index (κ3) is 4.61. The van der Waals surface area contributed by atoms with Crippen molar-refractivity contribution in [2.24, 2.45) is 0 Å². The number of nitrogens with zero attached hydrogens (tertiary/aromatic N) is 2. The number of hydrogen-bond acceptors (Lipinski definition) is 6. The zero-order valence-electron chi connectivity index (χ0n) is 17.7. The molecular weight excluding hydrogens is 428 g/mol. The summed E-state index contributed by atoms with van der Waals surface area (Å²) in [5.74, 6) is 0.243. The van der Waals surface area contributed by atoms with Crippen LogP contribution in [0, 0.1) is 0 Å². The summed E-state index contributed by atoms with van der Waals surface area (Å²) in [5, 5.41) is 11.7. The van der Waals surface area contributed by atoms with Crippen LogP contribution < -0.4 is 4.74 Å². The first kappa shape index (κ1) is 22.2. The monoisotopic (exact) mass is 454 g/mol. The van der Waals surface area contributed by atoms with E-state index >= 15 is 0 Å². The van der Waals surface area contributed by atoms with Crippen molar-refractivity contribution < 1.29 is 23.2 Å². The van der Waals surface area contributed by atoms with Crippen molar-refractivity contribution in [2.45, 2.75) is 49.1 Å². The van der Waals surface area contributed by atoms with E-state index in [9.17, 15) is 18.4 Å². The van der Waals surface area contributed by atoms with Gasteiger partial charge in [0.25, 0.3) is 0 Å². The number of para-hydroxylation sites is 1. The van der Waals surface area contributed by atoms with E-state index in [4.69, 9.17) is 4.74 Å². The molecule has 0 saturated heterocycles. The smallest absolute Gasteiger partial charge is 0.233 e. The van der Waals surface area contributed by atoms with Crippen LogP contribution in [0.3, 0.4) is 0 Å². The van der Waals surface area contributed by atoms with Crippen molar-refractivity contribution in [2.75, 3.05) is 5.75 Å². The maximum Gasteiger partial charge on any atom is 0.233 e. The molecule has 0 radical (unpaired) electrons. The molecule has 1 aromatic heterocycles. The van der Waals surface area contributed by atoms with Gasteiger partial charge in [-0.05, 0) is 49.2 Å². The molecule has 1 fully saturated rings. The minimum Gasteiger partial charge on any atom is -0.489 e. The van der Waals surface area contributed by atoms with Crippen LogP contribution in [0.4, 0.5) is 0 Å². The third-order valence-electron chi connectivity index (χ3n) is 6.15. The van der Waals surface area contributed by atoms with Crippen LogP contribution in [0.2, 0.25) is 0 Å². The van der Waals surface area contributed by atoms with Gasteiger partial charge in [-0.3, -0.25) is 15.0 Å². The normalized spacial score (nSPS) is 15.9. The maximum absolute atomic E-state index is 13.1. The number of hydroxylamine groups is 2. The van der Waals surface area contributed by atoms with Crippen LogP contribution in [-0.2, 0) is 21.2 Å². The molecule has 4 rings (SSSR count). The van der Waals surface area contributed by atoms with Crippen LogP contribution in [0.15, 0.2) is 65.7 Å². The van der Waals surface area contributed by atoms with Crippen molar-refractivity contribution in [3.8, 4) is 5.75 Å². The molecule has 0 unspecified atom stereocenters. The van der Waals surface area contributed by atoms with Gasteiger partial charge in [0.1, 0.15) is 12.4 Å². The highest BCUT2D eigenvalue weighted by molar-refractivity contribution is 7.91. The number of hydrogen-bond donors (Lipinski definition) is 1. The summed E-state index contributed by atoms with van der Waals surface area (Å²) in [4.78, 5) is 15.7. The fourth-order valence-electron chi connectivity index (χ4n) is 4.38. The van der Waals surface area contributed by atoms with E-state index in [0.717, 1.165) is 35.7 Å². The fourth-order valence-corrected chi connectivity index (χ4v) is 6.23. The Bertz CT molecular complexity index is 1180. The van der Waals surface area contributed by atoms with Gasteiger partial charge in [-0.1, -0.05) is 37.5 Å². The van der Waals surface area contributed by atoms with Gasteiger partial charge in [-0.15, -0.1) is 0 Å². The van der Waals surface area contributed by atoms with E-state index in [-0.39, 0.29) is 10.6 Å². The van der Waals surface area contributed by atoms with Gasteiger partial charge >= 0.3 is 0 Å². The summed E-state index contributed by atoms with van der Waals surface area (Å²) in [6.07, 6.45) is 5.48. The predicted octanol–water partition coefficient (Wildman–Crippen LogP) is 4.14. The summed E-state index contributed by atoms with van der Waals surface area (Å²) >= 11 is 0. The molecule has 1 heterocycles. The molecule has 2 aromatic carbocycles. The standard InChI is InChI=1S/C24H26N2O5S/c27-18-26(28)24(13-4-1-5-14-24)17-32(29,30)21-10-8-20(9-11-21)31-16-19-12-15-25-23-7-3-2-6-22(19)23/h2-3,6-12,15,18,28H,1,4-5,13-14,16-17H2. The van der Waals surface area contributed by atoms with Crippen LogP contribution >= 0.6 is 0 Å². The van der Waals surface area contributed by atoms with Crippen molar-refractivity contribution in [3.05, 3.63) is 66.4 Å². The molecule has 1 aliphatic rings. The van der Waals surface area contributed by atoms with Crippen molar-refractivity contribution in [3.63, 3.8) is 0 Å². The molecule has 1 saturated carbocycles. The number of fused-ring (bicyclic) bond motifs is 1. The second kappa shape index (κ2) is 9.26. The zero-order chi connectivity index (χ0) is 22.6. The van der Waals surface area contributed by atoms with Gasteiger partial charge in [-0.25, -0.2) is 13.5 Å². The zero-order valence-corrected chi connectivity index (χ0v) is 18.5. The molecule has 1 N–H and O–H groups in total. The minimum atomic E-state index is -3.71. The molecule has 1 amide bonds. The van der Waals surface area contributed by atoms with Crippen molar-refractivity contribution in [1.29, 1.82) is 0 Å². The molecule has 0 atom stereocenters. The first-order valence-corrected chi connectivity index (χ1v) is 12.3. The van der Waals surface area contributed by atoms with Gasteiger partial charge in [-0.2, -0.15) is 0 Å². The van der Waals surface area contributed by atoms with E-state index in [0.29, 0.717) is 36.7 Å². The van der Waals surface area contributed by atoms with Gasteiger partial charge in [0, 0.05) is 17.1 Å². The Balaban J connectivity index is 1.48. The van der Waals surface area contributed by atoms with E-state index in [2.05, 4.69) is 4.98 Å². The molecule has 1 aliphatic carbocycles. The molecule has 168 valence electrons. The number of ether oxygens (including phenoxy) is 1. The van der Waals surface area contributed by atoms with E-state index in [1.165, 1.54) is 12.1 Å². The Hall–Kier alpha value is -2.97. The summed E-state index contributed by atoms with van der Waals surface area (Å²) in [6, 6.07) is 16.0. The molecule has 3 aromatic rings. The lowest BCUT2D eigenvalue weighted by Gasteiger charge is -2.40. The van der Waals surface area contributed by atoms with Crippen molar-refractivity contribution in [1.82, 2.24) is 10.0 Å². The minimum absolute atomic E-state index is 0.142. The molecule has 8 heteroatoms. The quantitative estimate of drug-likeness (QED) is 0.312. The molecule has 0 spiro atoms. The number of pyridine rings is 1. The lowest BCUT2D eigenvalue weighted by atomic mass is 9.83.